The topological polar surface area (TPSA) is 96.6 Å². The Morgan fingerprint density at radius 2 is 2.17 bits per heavy atom. The van der Waals surface area contributed by atoms with Crippen molar-refractivity contribution in [3.8, 4) is 0 Å². The van der Waals surface area contributed by atoms with E-state index in [1.165, 1.54) is 5.56 Å². The maximum absolute atomic E-state index is 13.0. The molecule has 0 bridgehead atoms. The fourth-order valence-corrected chi connectivity index (χ4v) is 4.64. The van der Waals surface area contributed by atoms with Gasteiger partial charge in [-0.3, -0.25) is 14.7 Å². The molecule has 1 N–H and O–H groups in total. The fourth-order valence-electron chi connectivity index (χ4n) is 4.64. The number of rotatable bonds is 6. The normalized spacial score (nSPS) is 20.9. The van der Waals surface area contributed by atoms with Crippen molar-refractivity contribution in [2.24, 2.45) is 5.92 Å². The average Bonchev–Trinajstić information content (AvgIpc) is 3.30. The largest absolute Gasteiger partial charge is 0.394 e. The number of amides is 1. The predicted molar refractivity (Wildman–Crippen MR) is 133 cm³/mol. The number of carbonyl (C=O) groups excluding carboxylic acids is 1. The highest BCUT2D eigenvalue weighted by Gasteiger charge is 2.28. The molecule has 3 aromatic rings. The molecule has 1 aliphatic rings. The van der Waals surface area contributed by atoms with Gasteiger partial charge in [-0.1, -0.05) is 30.3 Å². The van der Waals surface area contributed by atoms with Gasteiger partial charge in [0.05, 0.1) is 42.8 Å². The SMILES string of the molecule is C[C@H]1CN([C@@H](C)CO)C(=O)CCCn2nncc2CO[C@@H]1CN(C)Cc1ccc2cccnc2c1. The maximum Gasteiger partial charge on any atom is 0.222 e. The van der Waals surface area contributed by atoms with Gasteiger partial charge in [-0.05, 0) is 38.1 Å². The van der Waals surface area contributed by atoms with Crippen LogP contribution in [-0.4, -0.2) is 79.7 Å². The van der Waals surface area contributed by atoms with Crippen molar-refractivity contribution in [2.75, 3.05) is 26.7 Å². The number of carbonyl (C=O) groups is 1. The monoisotopic (exact) mass is 480 g/mol. The van der Waals surface area contributed by atoms with E-state index in [4.69, 9.17) is 4.74 Å². The van der Waals surface area contributed by atoms with E-state index in [0.29, 0.717) is 39.1 Å². The molecule has 0 aliphatic carbocycles. The van der Waals surface area contributed by atoms with Gasteiger partial charge in [0.1, 0.15) is 0 Å². The Kier molecular flexibility index (Phi) is 8.43. The molecule has 0 radical (unpaired) electrons. The Labute approximate surface area is 206 Å². The molecule has 0 saturated carbocycles. The van der Waals surface area contributed by atoms with Crippen LogP contribution in [0.15, 0.2) is 42.7 Å². The first-order chi connectivity index (χ1) is 16.9. The van der Waals surface area contributed by atoms with Gasteiger partial charge in [0, 0.05) is 50.1 Å². The van der Waals surface area contributed by atoms with E-state index < -0.39 is 0 Å². The second kappa shape index (κ2) is 11.7. The zero-order chi connectivity index (χ0) is 24.8. The van der Waals surface area contributed by atoms with Crippen molar-refractivity contribution in [1.82, 2.24) is 29.8 Å². The van der Waals surface area contributed by atoms with Gasteiger partial charge in [0.15, 0.2) is 0 Å². The Morgan fingerprint density at radius 3 is 3.00 bits per heavy atom. The summed E-state index contributed by atoms with van der Waals surface area (Å²) in [5, 5.41) is 19.1. The molecule has 35 heavy (non-hydrogen) atoms. The molecule has 0 spiro atoms. The van der Waals surface area contributed by atoms with Crippen molar-refractivity contribution >= 4 is 16.8 Å². The number of aliphatic hydroxyl groups is 1. The molecule has 3 atom stereocenters. The van der Waals surface area contributed by atoms with Crippen LogP contribution < -0.4 is 0 Å². The highest BCUT2D eigenvalue weighted by Crippen LogP contribution is 2.20. The summed E-state index contributed by atoms with van der Waals surface area (Å²) in [5.74, 6) is 0.119. The summed E-state index contributed by atoms with van der Waals surface area (Å²) in [6.07, 6.45) is 4.52. The summed E-state index contributed by atoms with van der Waals surface area (Å²) in [7, 11) is 2.08. The van der Waals surface area contributed by atoms with E-state index >= 15 is 0 Å². The van der Waals surface area contributed by atoms with E-state index in [0.717, 1.165) is 23.1 Å². The van der Waals surface area contributed by atoms with E-state index in [1.54, 1.807) is 11.1 Å². The van der Waals surface area contributed by atoms with Gasteiger partial charge in [-0.25, -0.2) is 4.68 Å². The lowest BCUT2D eigenvalue weighted by molar-refractivity contribution is -0.136. The van der Waals surface area contributed by atoms with E-state index in [2.05, 4.69) is 58.4 Å². The highest BCUT2D eigenvalue weighted by atomic mass is 16.5. The van der Waals surface area contributed by atoms with Gasteiger partial charge in [0.25, 0.3) is 0 Å². The predicted octanol–water partition coefficient (Wildman–Crippen LogP) is 2.48. The number of benzene rings is 1. The first kappa shape index (κ1) is 25.2. The quantitative estimate of drug-likeness (QED) is 0.579. The Bertz CT molecular complexity index is 1120. The molecule has 9 nitrogen and oxygen atoms in total. The summed E-state index contributed by atoms with van der Waals surface area (Å²) < 4.78 is 8.25. The molecule has 0 saturated heterocycles. The van der Waals surface area contributed by atoms with Crippen LogP contribution in [0.4, 0.5) is 0 Å². The molecule has 0 fully saturated rings. The average molecular weight is 481 g/mol. The minimum atomic E-state index is -0.238. The molecule has 1 aromatic carbocycles. The minimum Gasteiger partial charge on any atom is -0.394 e. The van der Waals surface area contributed by atoms with Crippen LogP contribution in [0, 0.1) is 5.92 Å². The van der Waals surface area contributed by atoms with Gasteiger partial charge >= 0.3 is 0 Å². The van der Waals surface area contributed by atoms with Crippen LogP contribution >= 0.6 is 0 Å². The number of likely N-dealkylation sites (N-methyl/N-ethyl adjacent to an activating group) is 1. The number of aromatic nitrogens is 4. The lowest BCUT2D eigenvalue weighted by Gasteiger charge is -2.35. The first-order valence-electron chi connectivity index (χ1n) is 12.4. The van der Waals surface area contributed by atoms with Crippen LogP contribution in [0.1, 0.15) is 37.9 Å². The van der Waals surface area contributed by atoms with Crippen LogP contribution in [0.3, 0.4) is 0 Å². The molecule has 188 valence electrons. The number of ether oxygens (including phenoxy) is 1. The van der Waals surface area contributed by atoms with Gasteiger partial charge in [-0.2, -0.15) is 0 Å². The minimum absolute atomic E-state index is 0.0522. The van der Waals surface area contributed by atoms with Crippen molar-refractivity contribution in [3.63, 3.8) is 0 Å². The van der Waals surface area contributed by atoms with Crippen LogP contribution in [0.5, 0.6) is 0 Å². The molecule has 3 heterocycles. The standard InChI is InChI=1S/C26H36N6O3/c1-19-14-31(20(2)17-33)26(34)7-5-11-32-23(13-28-29-32)18-35-25(19)16-30(3)15-21-8-9-22-6-4-10-27-24(22)12-21/h4,6,8-10,12-13,19-20,25,33H,5,7,11,14-18H2,1-3H3/t19-,20-,25+/m0/s1. The van der Waals surface area contributed by atoms with Crippen molar-refractivity contribution in [3.05, 3.63) is 54.0 Å². The number of pyridine rings is 1. The van der Waals surface area contributed by atoms with Crippen molar-refractivity contribution in [2.45, 2.75) is 58.5 Å². The number of aliphatic hydroxyl groups excluding tert-OH is 1. The molecule has 4 rings (SSSR count). The number of hydrogen-bond acceptors (Lipinski definition) is 7. The van der Waals surface area contributed by atoms with E-state index in [-0.39, 0.29) is 30.6 Å². The van der Waals surface area contributed by atoms with E-state index in [1.807, 2.05) is 23.9 Å². The maximum atomic E-state index is 13.0. The zero-order valence-corrected chi connectivity index (χ0v) is 20.9. The zero-order valence-electron chi connectivity index (χ0n) is 20.9. The Balaban J connectivity index is 1.51. The van der Waals surface area contributed by atoms with Gasteiger partial charge in [-0.15, -0.1) is 5.10 Å². The molecule has 1 amide bonds. The molecule has 1 aliphatic heterocycles. The summed E-state index contributed by atoms with van der Waals surface area (Å²) >= 11 is 0. The van der Waals surface area contributed by atoms with Crippen LogP contribution in [-0.2, 0) is 29.2 Å². The smallest absolute Gasteiger partial charge is 0.222 e. The van der Waals surface area contributed by atoms with Crippen molar-refractivity contribution < 1.29 is 14.6 Å². The first-order valence-corrected chi connectivity index (χ1v) is 12.4. The molecule has 0 unspecified atom stereocenters. The second-order valence-corrected chi connectivity index (χ2v) is 9.68. The van der Waals surface area contributed by atoms with Crippen LogP contribution in [0.2, 0.25) is 0 Å². The number of hydrogen-bond donors (Lipinski definition) is 1. The molecule has 9 heteroatoms. The molecule has 2 aromatic heterocycles. The van der Waals surface area contributed by atoms with Crippen molar-refractivity contribution in [1.29, 1.82) is 0 Å². The Hall–Kier alpha value is -2.88. The number of nitrogens with zero attached hydrogens (tertiary/aromatic N) is 6. The number of aryl methyl sites for hydroxylation is 1. The summed E-state index contributed by atoms with van der Waals surface area (Å²) in [6.45, 7) is 6.96. The third-order valence-corrected chi connectivity index (χ3v) is 6.75. The summed E-state index contributed by atoms with van der Waals surface area (Å²) in [6, 6.07) is 10.1. The fraction of sp³-hybridized carbons (Fsp3) is 0.538. The van der Waals surface area contributed by atoms with Gasteiger partial charge in [0.2, 0.25) is 5.91 Å². The summed E-state index contributed by atoms with van der Waals surface area (Å²) in [4.78, 5) is 21.5. The molecular formula is C26H36N6O3. The third-order valence-electron chi connectivity index (χ3n) is 6.75. The van der Waals surface area contributed by atoms with Crippen LogP contribution in [0.25, 0.3) is 10.9 Å². The lowest BCUT2D eigenvalue weighted by Crippen LogP contribution is -2.47. The Morgan fingerprint density at radius 1 is 1.31 bits per heavy atom. The second-order valence-electron chi connectivity index (χ2n) is 9.68. The lowest BCUT2D eigenvalue weighted by atomic mass is 10.0. The summed E-state index contributed by atoms with van der Waals surface area (Å²) in [5.41, 5.74) is 3.09. The third kappa shape index (κ3) is 6.42. The number of fused-ring (bicyclic) bond motifs is 2. The molecular weight excluding hydrogens is 444 g/mol. The van der Waals surface area contributed by atoms with E-state index in [9.17, 15) is 9.90 Å². The highest BCUT2D eigenvalue weighted by molar-refractivity contribution is 5.78. The van der Waals surface area contributed by atoms with Gasteiger partial charge < -0.3 is 14.7 Å².